The molecular formula is C12H17N7O. The fraction of sp³-hybridized carbons (Fsp3) is 0.333. The number of pyridine rings is 1. The zero-order valence-electron chi connectivity index (χ0n) is 11.6. The van der Waals surface area contributed by atoms with E-state index in [9.17, 15) is 4.79 Å². The van der Waals surface area contributed by atoms with Crippen molar-refractivity contribution in [2.24, 2.45) is 5.84 Å². The van der Waals surface area contributed by atoms with Crippen molar-refractivity contribution in [2.75, 3.05) is 12.5 Å². The number of nitrogens with one attached hydrogen (secondary N) is 2. The summed E-state index contributed by atoms with van der Waals surface area (Å²) in [6, 6.07) is 1.72. The normalized spacial score (nSPS) is 10.4. The predicted octanol–water partition coefficient (Wildman–Crippen LogP) is 0.374. The molecule has 8 heteroatoms. The number of carbonyl (C=O) groups is 1. The maximum Gasteiger partial charge on any atom is 0.257 e. The molecule has 106 valence electrons. The van der Waals surface area contributed by atoms with Gasteiger partial charge in [-0.2, -0.15) is 5.10 Å². The molecule has 2 heterocycles. The number of hydrogen-bond donors (Lipinski definition) is 3. The Balaban J connectivity index is 2.18. The molecule has 0 atom stereocenters. The summed E-state index contributed by atoms with van der Waals surface area (Å²) in [6.07, 6.45) is 1.51. The number of rotatable bonds is 4. The number of aromatic nitrogens is 4. The van der Waals surface area contributed by atoms with Crippen LogP contribution in [0.4, 0.5) is 5.69 Å². The summed E-state index contributed by atoms with van der Waals surface area (Å²) in [5.74, 6) is 6.50. The van der Waals surface area contributed by atoms with Crippen LogP contribution in [0.1, 0.15) is 27.7 Å². The van der Waals surface area contributed by atoms with Gasteiger partial charge < -0.3 is 10.3 Å². The lowest BCUT2D eigenvalue weighted by atomic mass is 10.2. The van der Waals surface area contributed by atoms with Crippen LogP contribution in [0.2, 0.25) is 0 Å². The molecule has 0 fully saturated rings. The lowest BCUT2D eigenvalue weighted by Crippen LogP contribution is -2.28. The van der Waals surface area contributed by atoms with Crippen molar-refractivity contribution in [3.63, 3.8) is 0 Å². The van der Waals surface area contributed by atoms with E-state index >= 15 is 0 Å². The van der Waals surface area contributed by atoms with E-state index in [4.69, 9.17) is 5.84 Å². The molecule has 0 aliphatic heterocycles. The van der Waals surface area contributed by atoms with E-state index in [1.165, 1.54) is 11.1 Å². The number of carbonyl (C=O) groups excluding carboxylic acids is 1. The predicted molar refractivity (Wildman–Crippen MR) is 73.7 cm³/mol. The molecule has 0 spiro atoms. The average molecular weight is 275 g/mol. The highest BCUT2D eigenvalue weighted by atomic mass is 16.2. The molecule has 1 amide bonds. The summed E-state index contributed by atoms with van der Waals surface area (Å²) in [5.41, 5.74) is 4.25. The largest absolute Gasteiger partial charge is 0.334 e. The molecule has 0 aliphatic carbocycles. The standard InChI is InChI=1S/C12H17N7O/c1-7-4-10(16-13)9(5-14-7)12(20)19(3)6-11-15-8(2)17-18-11/h4-5H,6,13H2,1-3H3,(H,14,16)(H,15,17,18). The van der Waals surface area contributed by atoms with Crippen molar-refractivity contribution in [1.29, 1.82) is 0 Å². The van der Waals surface area contributed by atoms with Crippen molar-refractivity contribution < 1.29 is 4.79 Å². The highest BCUT2D eigenvalue weighted by Gasteiger charge is 2.17. The Bertz CT molecular complexity index is 622. The summed E-state index contributed by atoms with van der Waals surface area (Å²) in [6.45, 7) is 3.94. The van der Waals surface area contributed by atoms with Crippen molar-refractivity contribution >= 4 is 11.6 Å². The number of aryl methyl sites for hydroxylation is 2. The molecule has 4 N–H and O–H groups in total. The van der Waals surface area contributed by atoms with Gasteiger partial charge in [-0.05, 0) is 19.9 Å². The molecule has 0 saturated heterocycles. The van der Waals surface area contributed by atoms with Gasteiger partial charge in [-0.3, -0.25) is 20.7 Å². The second-order valence-corrected chi connectivity index (χ2v) is 4.51. The molecule has 8 nitrogen and oxygen atoms in total. The zero-order chi connectivity index (χ0) is 14.7. The van der Waals surface area contributed by atoms with Crippen molar-refractivity contribution in [3.05, 3.63) is 35.2 Å². The van der Waals surface area contributed by atoms with Gasteiger partial charge in [-0.1, -0.05) is 0 Å². The van der Waals surface area contributed by atoms with E-state index in [1.54, 1.807) is 20.0 Å². The highest BCUT2D eigenvalue weighted by molar-refractivity contribution is 5.99. The van der Waals surface area contributed by atoms with Crippen LogP contribution in [-0.4, -0.2) is 38.0 Å². The van der Waals surface area contributed by atoms with E-state index in [1.807, 2.05) is 6.92 Å². The van der Waals surface area contributed by atoms with Crippen LogP contribution < -0.4 is 11.3 Å². The number of anilines is 1. The summed E-state index contributed by atoms with van der Waals surface area (Å²) >= 11 is 0. The minimum atomic E-state index is -0.201. The van der Waals surface area contributed by atoms with Gasteiger partial charge in [0.1, 0.15) is 5.82 Å². The number of nitrogens with two attached hydrogens (primary N) is 1. The van der Waals surface area contributed by atoms with Crippen LogP contribution in [0.3, 0.4) is 0 Å². The monoisotopic (exact) mass is 275 g/mol. The number of aromatic amines is 1. The van der Waals surface area contributed by atoms with Crippen LogP contribution in [-0.2, 0) is 6.54 Å². The number of hydrazine groups is 1. The number of H-pyrrole nitrogens is 1. The summed E-state index contributed by atoms with van der Waals surface area (Å²) in [5, 5.41) is 6.74. The Kier molecular flexibility index (Phi) is 3.94. The Morgan fingerprint density at radius 1 is 1.50 bits per heavy atom. The van der Waals surface area contributed by atoms with Crippen molar-refractivity contribution in [3.8, 4) is 0 Å². The minimum absolute atomic E-state index is 0.201. The van der Waals surface area contributed by atoms with Gasteiger partial charge in [0.2, 0.25) is 0 Å². The van der Waals surface area contributed by atoms with E-state index < -0.39 is 0 Å². The first-order chi connectivity index (χ1) is 9.51. The molecule has 0 aromatic carbocycles. The molecular weight excluding hydrogens is 258 g/mol. The smallest absolute Gasteiger partial charge is 0.257 e. The Morgan fingerprint density at radius 2 is 2.25 bits per heavy atom. The van der Waals surface area contributed by atoms with E-state index in [-0.39, 0.29) is 5.91 Å². The van der Waals surface area contributed by atoms with Crippen molar-refractivity contribution in [1.82, 2.24) is 25.1 Å². The highest BCUT2D eigenvalue weighted by Crippen LogP contribution is 2.16. The van der Waals surface area contributed by atoms with Gasteiger partial charge in [-0.25, -0.2) is 4.98 Å². The first-order valence-corrected chi connectivity index (χ1v) is 6.08. The first-order valence-electron chi connectivity index (χ1n) is 6.08. The summed E-state index contributed by atoms with van der Waals surface area (Å²) in [7, 11) is 1.67. The molecule has 2 aromatic rings. The molecule has 0 saturated carbocycles. The SMILES string of the molecule is Cc1cc(NN)c(C(=O)N(C)Cc2n[nH]c(C)n2)cn1. The third-order valence-electron chi connectivity index (χ3n) is 2.80. The van der Waals surface area contributed by atoms with Gasteiger partial charge in [0.05, 0.1) is 17.8 Å². The second-order valence-electron chi connectivity index (χ2n) is 4.51. The first kappa shape index (κ1) is 13.9. The Morgan fingerprint density at radius 3 is 2.85 bits per heavy atom. The molecule has 20 heavy (non-hydrogen) atoms. The third-order valence-corrected chi connectivity index (χ3v) is 2.80. The molecule has 0 unspecified atom stereocenters. The van der Waals surface area contributed by atoms with Crippen LogP contribution in [0.5, 0.6) is 0 Å². The van der Waals surface area contributed by atoms with Gasteiger partial charge in [0.25, 0.3) is 5.91 Å². The van der Waals surface area contributed by atoms with Crippen LogP contribution in [0, 0.1) is 13.8 Å². The maximum absolute atomic E-state index is 12.4. The van der Waals surface area contributed by atoms with Gasteiger partial charge in [0.15, 0.2) is 5.82 Å². The minimum Gasteiger partial charge on any atom is -0.334 e. The van der Waals surface area contributed by atoms with Crippen LogP contribution in [0.15, 0.2) is 12.3 Å². The van der Waals surface area contributed by atoms with Gasteiger partial charge >= 0.3 is 0 Å². The summed E-state index contributed by atoms with van der Waals surface area (Å²) in [4.78, 5) is 22.2. The number of hydrogen-bond acceptors (Lipinski definition) is 6. The molecule has 2 aromatic heterocycles. The van der Waals surface area contributed by atoms with E-state index in [2.05, 4.69) is 25.6 Å². The average Bonchev–Trinajstić information content (AvgIpc) is 2.83. The fourth-order valence-electron chi connectivity index (χ4n) is 1.80. The Hall–Kier alpha value is -2.48. The molecule has 0 bridgehead atoms. The lowest BCUT2D eigenvalue weighted by molar-refractivity contribution is 0.0782. The maximum atomic E-state index is 12.4. The van der Waals surface area contributed by atoms with E-state index in [0.29, 0.717) is 29.4 Å². The zero-order valence-corrected chi connectivity index (χ0v) is 11.6. The summed E-state index contributed by atoms with van der Waals surface area (Å²) < 4.78 is 0. The number of nitrogens with zero attached hydrogens (tertiary/aromatic N) is 4. The molecule has 0 radical (unpaired) electrons. The topological polar surface area (TPSA) is 113 Å². The van der Waals surface area contributed by atoms with Gasteiger partial charge in [0, 0.05) is 18.9 Å². The molecule has 0 aliphatic rings. The number of nitrogen functional groups attached to an aromatic ring is 1. The fourth-order valence-corrected chi connectivity index (χ4v) is 1.80. The second kappa shape index (κ2) is 5.66. The van der Waals surface area contributed by atoms with Gasteiger partial charge in [-0.15, -0.1) is 0 Å². The quantitative estimate of drug-likeness (QED) is 0.549. The van der Waals surface area contributed by atoms with Crippen LogP contribution in [0.25, 0.3) is 0 Å². The molecule has 2 rings (SSSR count). The lowest BCUT2D eigenvalue weighted by Gasteiger charge is -2.17. The van der Waals surface area contributed by atoms with Crippen molar-refractivity contribution in [2.45, 2.75) is 20.4 Å². The number of amides is 1. The van der Waals surface area contributed by atoms with Crippen LogP contribution >= 0.6 is 0 Å². The van der Waals surface area contributed by atoms with E-state index in [0.717, 1.165) is 5.69 Å². The third kappa shape index (κ3) is 2.91. The Labute approximate surface area is 116 Å².